The van der Waals surface area contributed by atoms with E-state index in [-0.39, 0.29) is 18.3 Å². The highest BCUT2D eigenvalue weighted by atomic mass is 16.5. The van der Waals surface area contributed by atoms with Gasteiger partial charge in [-0.2, -0.15) is 0 Å². The van der Waals surface area contributed by atoms with Crippen LogP contribution in [0.1, 0.15) is 59.3 Å². The molecule has 0 unspecified atom stereocenters. The summed E-state index contributed by atoms with van der Waals surface area (Å²) in [6.07, 6.45) is 7.44. The zero-order valence-electron chi connectivity index (χ0n) is 12.5. The van der Waals surface area contributed by atoms with Crippen LogP contribution >= 0.6 is 0 Å². The summed E-state index contributed by atoms with van der Waals surface area (Å²) in [5, 5.41) is 2.65. The van der Waals surface area contributed by atoms with Gasteiger partial charge in [0, 0.05) is 12.6 Å². The zero-order chi connectivity index (χ0) is 14.5. The van der Waals surface area contributed by atoms with Gasteiger partial charge in [-0.3, -0.25) is 9.59 Å². The quantitative estimate of drug-likeness (QED) is 0.377. The number of allylic oxidation sites excluding steroid dienone is 1. The van der Waals surface area contributed by atoms with Crippen LogP contribution in [-0.4, -0.2) is 25.0 Å². The Hall–Kier alpha value is -1.32. The maximum Gasteiger partial charge on any atom is 0.307 e. The van der Waals surface area contributed by atoms with Crippen molar-refractivity contribution in [1.29, 1.82) is 0 Å². The van der Waals surface area contributed by atoms with Gasteiger partial charge in [-0.1, -0.05) is 38.2 Å². The molecule has 0 rings (SSSR count). The number of carbonyl (C=O) groups is 2. The Morgan fingerprint density at radius 2 is 1.79 bits per heavy atom. The predicted molar refractivity (Wildman–Crippen MR) is 76.8 cm³/mol. The van der Waals surface area contributed by atoms with E-state index >= 15 is 0 Å². The fraction of sp³-hybridized carbons (Fsp3) is 0.733. The van der Waals surface area contributed by atoms with Crippen LogP contribution in [-0.2, 0) is 14.3 Å². The molecule has 0 aromatic heterocycles. The van der Waals surface area contributed by atoms with E-state index in [0.717, 1.165) is 18.4 Å². The molecule has 0 spiro atoms. The summed E-state index contributed by atoms with van der Waals surface area (Å²) in [5.74, 6) is -0.402. The van der Waals surface area contributed by atoms with Gasteiger partial charge in [-0.05, 0) is 20.3 Å². The molecule has 1 N–H and O–H groups in total. The highest BCUT2D eigenvalue weighted by Gasteiger charge is 2.03. The van der Waals surface area contributed by atoms with Gasteiger partial charge in [0.1, 0.15) is 0 Å². The Bertz CT molecular complexity index is 294. The third-order valence-corrected chi connectivity index (χ3v) is 2.56. The number of carbonyl (C=O) groups excluding carboxylic acids is 2. The molecule has 4 nitrogen and oxygen atoms in total. The molecular formula is C15H27NO3. The summed E-state index contributed by atoms with van der Waals surface area (Å²) >= 11 is 0. The van der Waals surface area contributed by atoms with Crippen LogP contribution in [0.5, 0.6) is 0 Å². The SMILES string of the molecule is CCCCCCCOC(=O)CCNC(=O)C=C(C)C. The number of hydrogen-bond donors (Lipinski definition) is 1. The van der Waals surface area contributed by atoms with Crippen molar-refractivity contribution in [2.45, 2.75) is 59.3 Å². The minimum Gasteiger partial charge on any atom is -0.466 e. The average molecular weight is 269 g/mol. The molecule has 4 heteroatoms. The molecule has 110 valence electrons. The molecule has 19 heavy (non-hydrogen) atoms. The highest BCUT2D eigenvalue weighted by Crippen LogP contribution is 2.02. The molecular weight excluding hydrogens is 242 g/mol. The molecule has 0 fully saturated rings. The highest BCUT2D eigenvalue weighted by molar-refractivity contribution is 5.88. The predicted octanol–water partition coefficient (Wildman–Crippen LogP) is 2.97. The summed E-state index contributed by atoms with van der Waals surface area (Å²) in [7, 11) is 0. The summed E-state index contributed by atoms with van der Waals surface area (Å²) < 4.78 is 5.08. The van der Waals surface area contributed by atoms with E-state index in [1.807, 2.05) is 13.8 Å². The van der Waals surface area contributed by atoms with Gasteiger partial charge < -0.3 is 10.1 Å². The van der Waals surface area contributed by atoms with Crippen LogP contribution in [0.2, 0.25) is 0 Å². The van der Waals surface area contributed by atoms with Gasteiger partial charge in [0.25, 0.3) is 0 Å². The van der Waals surface area contributed by atoms with Crippen LogP contribution in [0.3, 0.4) is 0 Å². The second-order valence-corrected chi connectivity index (χ2v) is 4.90. The minimum atomic E-state index is -0.243. The van der Waals surface area contributed by atoms with Gasteiger partial charge in [-0.15, -0.1) is 0 Å². The van der Waals surface area contributed by atoms with E-state index in [4.69, 9.17) is 4.74 Å². The van der Waals surface area contributed by atoms with E-state index in [1.165, 1.54) is 25.3 Å². The number of esters is 1. The Kier molecular flexibility index (Phi) is 10.9. The molecule has 0 bridgehead atoms. The maximum absolute atomic E-state index is 11.3. The molecule has 0 aliphatic heterocycles. The lowest BCUT2D eigenvalue weighted by Crippen LogP contribution is -2.25. The number of hydrogen-bond acceptors (Lipinski definition) is 3. The zero-order valence-corrected chi connectivity index (χ0v) is 12.5. The monoisotopic (exact) mass is 269 g/mol. The van der Waals surface area contributed by atoms with Crippen molar-refractivity contribution in [1.82, 2.24) is 5.32 Å². The van der Waals surface area contributed by atoms with Gasteiger partial charge in [0.05, 0.1) is 13.0 Å². The standard InChI is InChI=1S/C15H27NO3/c1-4-5-6-7-8-11-19-15(18)9-10-16-14(17)12-13(2)3/h12H,4-11H2,1-3H3,(H,16,17). The van der Waals surface area contributed by atoms with Gasteiger partial charge in [0.2, 0.25) is 5.91 Å². The first-order valence-corrected chi connectivity index (χ1v) is 7.14. The normalized spacial score (nSPS) is 9.84. The molecule has 0 aliphatic rings. The molecule has 0 aromatic rings. The lowest BCUT2D eigenvalue weighted by atomic mass is 10.2. The average Bonchev–Trinajstić information content (AvgIpc) is 2.32. The topological polar surface area (TPSA) is 55.4 Å². The molecule has 0 atom stereocenters. The first-order chi connectivity index (χ1) is 9.06. The van der Waals surface area contributed by atoms with Crippen molar-refractivity contribution < 1.29 is 14.3 Å². The molecule has 0 radical (unpaired) electrons. The summed E-state index contributed by atoms with van der Waals surface area (Å²) in [6, 6.07) is 0. The Labute approximate surface area is 116 Å². The lowest BCUT2D eigenvalue weighted by molar-refractivity contribution is -0.143. The second kappa shape index (κ2) is 11.8. The smallest absolute Gasteiger partial charge is 0.307 e. The van der Waals surface area contributed by atoms with Crippen molar-refractivity contribution in [3.8, 4) is 0 Å². The summed E-state index contributed by atoms with van der Waals surface area (Å²) in [6.45, 7) is 6.70. The Balaban J connectivity index is 3.45. The first-order valence-electron chi connectivity index (χ1n) is 7.14. The number of nitrogens with one attached hydrogen (secondary N) is 1. The van der Waals surface area contributed by atoms with Crippen LogP contribution in [0.4, 0.5) is 0 Å². The van der Waals surface area contributed by atoms with E-state index in [2.05, 4.69) is 12.2 Å². The molecule has 0 aliphatic carbocycles. The second-order valence-electron chi connectivity index (χ2n) is 4.90. The fourth-order valence-corrected chi connectivity index (χ4v) is 1.56. The van der Waals surface area contributed by atoms with Crippen molar-refractivity contribution in [3.63, 3.8) is 0 Å². The van der Waals surface area contributed by atoms with Gasteiger partial charge >= 0.3 is 5.97 Å². The summed E-state index contributed by atoms with van der Waals surface area (Å²) in [5.41, 5.74) is 0.937. The van der Waals surface area contributed by atoms with Gasteiger partial charge in [-0.25, -0.2) is 0 Å². The van der Waals surface area contributed by atoms with E-state index < -0.39 is 0 Å². The molecule has 0 saturated carbocycles. The van der Waals surface area contributed by atoms with E-state index in [1.54, 1.807) is 0 Å². The number of ether oxygens (including phenoxy) is 1. The van der Waals surface area contributed by atoms with Crippen molar-refractivity contribution in [2.24, 2.45) is 0 Å². The largest absolute Gasteiger partial charge is 0.466 e. The fourth-order valence-electron chi connectivity index (χ4n) is 1.56. The van der Waals surface area contributed by atoms with Crippen molar-refractivity contribution in [3.05, 3.63) is 11.6 Å². The van der Waals surface area contributed by atoms with Crippen LogP contribution < -0.4 is 5.32 Å². The van der Waals surface area contributed by atoms with Gasteiger partial charge in [0.15, 0.2) is 0 Å². The Morgan fingerprint density at radius 3 is 2.42 bits per heavy atom. The third-order valence-electron chi connectivity index (χ3n) is 2.56. The molecule has 0 heterocycles. The minimum absolute atomic E-state index is 0.160. The van der Waals surface area contributed by atoms with E-state index in [9.17, 15) is 9.59 Å². The van der Waals surface area contributed by atoms with Crippen molar-refractivity contribution in [2.75, 3.05) is 13.2 Å². The Morgan fingerprint density at radius 1 is 1.11 bits per heavy atom. The van der Waals surface area contributed by atoms with Crippen LogP contribution in [0.15, 0.2) is 11.6 Å². The molecule has 0 aromatic carbocycles. The van der Waals surface area contributed by atoms with E-state index in [0.29, 0.717) is 13.2 Å². The summed E-state index contributed by atoms with van der Waals surface area (Å²) in [4.78, 5) is 22.6. The number of amides is 1. The maximum atomic E-state index is 11.3. The van der Waals surface area contributed by atoms with Crippen molar-refractivity contribution >= 4 is 11.9 Å². The van der Waals surface area contributed by atoms with Crippen LogP contribution in [0.25, 0.3) is 0 Å². The number of rotatable bonds is 10. The molecule has 1 amide bonds. The number of unbranched alkanes of at least 4 members (excludes halogenated alkanes) is 4. The lowest BCUT2D eigenvalue weighted by Gasteiger charge is -2.05. The molecule has 0 saturated heterocycles. The van der Waals surface area contributed by atoms with Crippen LogP contribution in [0, 0.1) is 0 Å². The third kappa shape index (κ3) is 12.9. The first kappa shape index (κ1) is 17.7.